The van der Waals surface area contributed by atoms with E-state index in [1.807, 2.05) is 48.5 Å². The number of carbonyl (C=O) groups is 1. The molecule has 3 atom stereocenters. The van der Waals surface area contributed by atoms with Crippen molar-refractivity contribution < 1.29 is 28.8 Å². The maximum absolute atomic E-state index is 12.2. The zero-order valence-electron chi connectivity index (χ0n) is 26.4. The van der Waals surface area contributed by atoms with Gasteiger partial charge < -0.3 is 29.4 Å². The van der Waals surface area contributed by atoms with E-state index in [1.54, 1.807) is 14.2 Å². The van der Waals surface area contributed by atoms with Crippen LogP contribution < -0.4 is 19.5 Å². The quantitative estimate of drug-likeness (QED) is 0.123. The average Bonchev–Trinajstić information content (AvgIpc) is 3.00. The third-order valence-electron chi connectivity index (χ3n) is 7.61. The van der Waals surface area contributed by atoms with Gasteiger partial charge in [0.25, 0.3) is 0 Å². The summed E-state index contributed by atoms with van der Waals surface area (Å²) in [7, 11) is 3.25. The Morgan fingerprint density at radius 2 is 1.21 bits per heavy atom. The van der Waals surface area contributed by atoms with Crippen molar-refractivity contribution in [3.63, 3.8) is 0 Å². The van der Waals surface area contributed by atoms with Gasteiger partial charge in [0.05, 0.1) is 33.0 Å². The number of aliphatic hydroxyl groups is 1. The molecular formula is C35H55NO6. The highest BCUT2D eigenvalue weighted by Gasteiger charge is 2.31. The predicted molar refractivity (Wildman–Crippen MR) is 169 cm³/mol. The van der Waals surface area contributed by atoms with Crippen molar-refractivity contribution >= 4 is 5.91 Å². The lowest BCUT2D eigenvalue weighted by molar-refractivity contribution is -0.124. The Morgan fingerprint density at radius 3 is 1.71 bits per heavy atom. The second-order valence-electron chi connectivity index (χ2n) is 11.2. The first-order valence-corrected chi connectivity index (χ1v) is 15.9. The molecule has 0 spiro atoms. The highest BCUT2D eigenvalue weighted by molar-refractivity contribution is 5.73. The molecule has 0 unspecified atom stereocenters. The smallest absolute Gasteiger partial charge is 0.217 e. The van der Waals surface area contributed by atoms with E-state index in [0.717, 1.165) is 29.9 Å². The second kappa shape index (κ2) is 21.9. The van der Waals surface area contributed by atoms with Crippen LogP contribution in [-0.4, -0.2) is 50.1 Å². The van der Waals surface area contributed by atoms with Crippen molar-refractivity contribution in [3.8, 4) is 17.2 Å². The largest absolute Gasteiger partial charge is 0.497 e. The van der Waals surface area contributed by atoms with Crippen molar-refractivity contribution in [2.24, 2.45) is 0 Å². The van der Waals surface area contributed by atoms with E-state index in [-0.39, 0.29) is 12.5 Å². The van der Waals surface area contributed by atoms with Gasteiger partial charge in [0.1, 0.15) is 30.0 Å². The Morgan fingerprint density at radius 1 is 0.738 bits per heavy atom. The molecule has 0 aliphatic rings. The lowest BCUT2D eigenvalue weighted by Gasteiger charge is -2.31. The van der Waals surface area contributed by atoms with Crippen LogP contribution in [0.4, 0.5) is 0 Å². The number of hydrogen-bond acceptors (Lipinski definition) is 6. The summed E-state index contributed by atoms with van der Waals surface area (Å²) in [5, 5.41) is 14.3. The van der Waals surface area contributed by atoms with Gasteiger partial charge in [-0.3, -0.25) is 4.79 Å². The molecule has 0 radical (unpaired) electrons. The molecule has 0 aromatic heterocycles. The van der Waals surface area contributed by atoms with E-state index in [9.17, 15) is 9.90 Å². The molecule has 2 aromatic rings. The van der Waals surface area contributed by atoms with Crippen molar-refractivity contribution in [2.45, 2.75) is 122 Å². The average molecular weight is 586 g/mol. The molecule has 0 fully saturated rings. The van der Waals surface area contributed by atoms with Crippen LogP contribution in [0.5, 0.6) is 17.2 Å². The number of amides is 1. The first-order valence-electron chi connectivity index (χ1n) is 15.9. The van der Waals surface area contributed by atoms with Crippen molar-refractivity contribution in [3.05, 3.63) is 54.1 Å². The van der Waals surface area contributed by atoms with Gasteiger partial charge in [-0.2, -0.15) is 0 Å². The monoisotopic (exact) mass is 585 g/mol. The first-order chi connectivity index (χ1) is 20.5. The molecule has 0 heterocycles. The molecule has 2 aromatic carbocycles. The van der Waals surface area contributed by atoms with E-state index >= 15 is 0 Å². The van der Waals surface area contributed by atoms with Gasteiger partial charge in [-0.25, -0.2) is 0 Å². The number of rotatable bonds is 24. The molecule has 7 nitrogen and oxygen atoms in total. The van der Waals surface area contributed by atoms with E-state index in [2.05, 4.69) is 12.2 Å². The number of hydrogen-bond donors (Lipinski definition) is 2. The summed E-state index contributed by atoms with van der Waals surface area (Å²) in [6.07, 6.45) is 14.4. The summed E-state index contributed by atoms with van der Waals surface area (Å²) in [6.45, 7) is 4.19. The molecule has 0 saturated carbocycles. The maximum Gasteiger partial charge on any atom is 0.217 e. The first kappa shape index (κ1) is 35.4. The highest BCUT2D eigenvalue weighted by Crippen LogP contribution is 2.21. The topological polar surface area (TPSA) is 86.2 Å². The lowest BCUT2D eigenvalue weighted by Crippen LogP contribution is -2.52. The van der Waals surface area contributed by atoms with Crippen LogP contribution in [0.25, 0.3) is 0 Å². The number of carbonyl (C=O) groups excluding carboxylic acids is 1. The normalized spacial score (nSPS) is 13.3. The molecule has 0 aliphatic carbocycles. The van der Waals surface area contributed by atoms with Crippen LogP contribution in [0.2, 0.25) is 0 Å². The van der Waals surface area contributed by atoms with Crippen LogP contribution in [0.1, 0.15) is 103 Å². The van der Waals surface area contributed by atoms with E-state index in [0.29, 0.717) is 18.8 Å². The van der Waals surface area contributed by atoms with Crippen LogP contribution in [0.15, 0.2) is 48.5 Å². The summed E-state index contributed by atoms with van der Waals surface area (Å²) >= 11 is 0. The third-order valence-corrected chi connectivity index (χ3v) is 7.61. The summed E-state index contributed by atoms with van der Waals surface area (Å²) in [5.41, 5.74) is 0.955. The van der Waals surface area contributed by atoms with Crippen molar-refractivity contribution in [2.75, 3.05) is 20.8 Å². The Kier molecular flexibility index (Phi) is 18.4. The Labute approximate surface area is 254 Å². The zero-order chi connectivity index (χ0) is 30.4. The van der Waals surface area contributed by atoms with E-state index in [1.165, 1.54) is 71.1 Å². The second-order valence-corrected chi connectivity index (χ2v) is 11.2. The number of benzene rings is 2. The maximum atomic E-state index is 12.2. The van der Waals surface area contributed by atoms with Crippen LogP contribution >= 0.6 is 0 Å². The van der Waals surface area contributed by atoms with Crippen molar-refractivity contribution in [1.29, 1.82) is 0 Å². The molecule has 2 rings (SSSR count). The predicted octanol–water partition coefficient (Wildman–Crippen LogP) is 7.62. The fourth-order valence-corrected chi connectivity index (χ4v) is 5.11. The molecule has 7 heteroatoms. The number of methoxy groups -OCH3 is 2. The number of unbranched alkanes of at least 4 members (excludes halogenated alkanes) is 11. The summed E-state index contributed by atoms with van der Waals surface area (Å²) in [6, 6.07) is 14.4. The van der Waals surface area contributed by atoms with Gasteiger partial charge in [0, 0.05) is 6.92 Å². The van der Waals surface area contributed by atoms with Crippen LogP contribution in [0.3, 0.4) is 0 Å². The Hall–Kier alpha value is -2.77. The van der Waals surface area contributed by atoms with E-state index in [4.69, 9.17) is 18.9 Å². The van der Waals surface area contributed by atoms with Gasteiger partial charge in [-0.05, 0) is 48.4 Å². The number of nitrogens with one attached hydrogen (secondary N) is 1. The molecule has 1 amide bonds. The zero-order valence-corrected chi connectivity index (χ0v) is 26.4. The fraction of sp³-hybridized carbons (Fsp3) is 0.629. The highest BCUT2D eigenvalue weighted by atomic mass is 16.5. The minimum Gasteiger partial charge on any atom is -0.497 e. The SMILES string of the molecule is CCCCCCCCCCCCCC[C@H](O)[C@@H](OCc1ccc(OC)cc1)[C@@H](COc1ccc(OC)cc1)NC(C)=O. The molecule has 0 bridgehead atoms. The third kappa shape index (κ3) is 14.9. The summed E-state index contributed by atoms with van der Waals surface area (Å²) < 4.78 is 22.8. The van der Waals surface area contributed by atoms with Crippen LogP contribution in [0, 0.1) is 0 Å². The summed E-state index contributed by atoms with van der Waals surface area (Å²) in [5.74, 6) is 1.95. The van der Waals surface area contributed by atoms with E-state index < -0.39 is 18.2 Å². The molecule has 2 N–H and O–H groups in total. The Balaban J connectivity index is 1.91. The summed E-state index contributed by atoms with van der Waals surface area (Å²) in [4.78, 5) is 12.2. The van der Waals surface area contributed by atoms with Gasteiger partial charge in [-0.1, -0.05) is 96.1 Å². The molecule has 0 saturated heterocycles. The minimum atomic E-state index is -0.748. The van der Waals surface area contributed by atoms with Gasteiger partial charge >= 0.3 is 0 Å². The molecule has 0 aliphatic heterocycles. The Bertz CT molecular complexity index is 949. The van der Waals surface area contributed by atoms with Gasteiger partial charge in [0.2, 0.25) is 5.91 Å². The van der Waals surface area contributed by atoms with Gasteiger partial charge in [-0.15, -0.1) is 0 Å². The molecule has 236 valence electrons. The van der Waals surface area contributed by atoms with Crippen molar-refractivity contribution in [1.82, 2.24) is 5.32 Å². The number of ether oxygens (including phenoxy) is 4. The number of aliphatic hydroxyl groups excluding tert-OH is 1. The van der Waals surface area contributed by atoms with Gasteiger partial charge in [0.15, 0.2) is 0 Å². The fourth-order valence-electron chi connectivity index (χ4n) is 5.11. The lowest BCUT2D eigenvalue weighted by atomic mass is 9.99. The standard InChI is InChI=1S/C35H55NO6/c1-5-6-7-8-9-10-11-12-13-14-15-16-17-34(38)35(42-26-29-18-20-30(39-3)21-19-29)33(36-28(2)37)27-41-32-24-22-31(40-4)23-25-32/h18-25,33-35,38H,5-17,26-27H2,1-4H3,(H,36,37)/t33-,34+,35+/m1/s1. The van der Waals surface area contributed by atoms with Crippen LogP contribution in [-0.2, 0) is 16.1 Å². The molecular weight excluding hydrogens is 530 g/mol. The minimum absolute atomic E-state index is 0.161. The molecule has 42 heavy (non-hydrogen) atoms.